The number of rotatable bonds is 54. The van der Waals surface area contributed by atoms with Crippen molar-refractivity contribution in [3.05, 3.63) is 215 Å². The normalized spacial score (nSPS) is 20.3. The van der Waals surface area contributed by atoms with Crippen molar-refractivity contribution in [2.75, 3.05) is 0 Å². The molecule has 8 aromatic rings. The molecule has 4 fully saturated rings. The summed E-state index contributed by atoms with van der Waals surface area (Å²) in [5.74, 6) is 5.65. The van der Waals surface area contributed by atoms with Gasteiger partial charge in [0.15, 0.2) is 0 Å². The summed E-state index contributed by atoms with van der Waals surface area (Å²) in [5, 5.41) is 0. The molecule has 0 amide bonds. The number of ether oxygens (including phenoxy) is 2. The van der Waals surface area contributed by atoms with Crippen LogP contribution in [0.4, 0.5) is 0 Å². The number of nitrogens with zero attached hydrogens (tertiary/aromatic N) is 4. The van der Waals surface area contributed by atoms with E-state index in [2.05, 4.69) is 226 Å². The highest BCUT2D eigenvalue weighted by molar-refractivity contribution is 5.63. The molecule has 0 N–H and O–H groups in total. The summed E-state index contributed by atoms with van der Waals surface area (Å²) in [7, 11) is 0. The van der Waals surface area contributed by atoms with Crippen molar-refractivity contribution in [1.82, 2.24) is 19.9 Å². The third-order valence-corrected chi connectivity index (χ3v) is 29.9. The Kier molecular flexibility index (Phi) is 44.8. The van der Waals surface area contributed by atoms with Gasteiger partial charge in [-0.15, -0.1) is 0 Å². The number of hydrogen-bond acceptors (Lipinski definition) is 6. The van der Waals surface area contributed by atoms with E-state index in [0.717, 1.165) is 72.1 Å². The summed E-state index contributed by atoms with van der Waals surface area (Å²) in [6.45, 7) is 18.5. The van der Waals surface area contributed by atoms with Crippen LogP contribution in [0.15, 0.2) is 170 Å². The third-order valence-electron chi connectivity index (χ3n) is 29.9. The van der Waals surface area contributed by atoms with E-state index < -0.39 is 0 Å². The van der Waals surface area contributed by atoms with Crippen molar-refractivity contribution in [3.63, 3.8) is 0 Å². The van der Waals surface area contributed by atoms with Gasteiger partial charge in [-0.1, -0.05) is 421 Å². The van der Waals surface area contributed by atoms with E-state index in [1.807, 2.05) is 0 Å². The number of aryl methyl sites for hydroxylation is 4. The summed E-state index contributed by atoms with van der Waals surface area (Å²) in [5.41, 5.74) is 19.9. The lowest BCUT2D eigenvalue weighted by molar-refractivity contribution is -0.0908. The maximum absolute atomic E-state index is 7.78. The van der Waals surface area contributed by atoms with Crippen LogP contribution in [-0.2, 0) is 35.2 Å². The van der Waals surface area contributed by atoms with Crippen LogP contribution in [0, 0.1) is 47.3 Å². The summed E-state index contributed by atoms with van der Waals surface area (Å²) < 4.78 is 15.5. The van der Waals surface area contributed by atoms with Gasteiger partial charge >= 0.3 is 0 Å². The SMILES string of the molecule is CCCCCCCc1ccc(-c2ccc(C(OC(c3ccc(-c4ccc(CCCCCCC)cn4)cc3)C3CCC(CCCC)CC3)C3CCC(CCCC)CC3)cc2)nc1.CCCCCCCc1ccc(-c2ccc(C(OC(c3ccc(-c4ccc(CCCCCCC)cn4)cc3)C3CCC(CCCCC)CC3)C3CCC(CCCCC)CC3)cc2)nc1. The molecule has 4 aliphatic rings. The first-order valence-corrected chi connectivity index (χ1v) is 52.7. The first kappa shape index (κ1) is 98.0. The summed E-state index contributed by atoms with van der Waals surface area (Å²) in [4.78, 5) is 19.8. The monoisotopic (exact) mass is 1680 g/mol. The Morgan fingerprint density at radius 3 is 0.597 bits per heavy atom. The van der Waals surface area contributed by atoms with Crippen LogP contribution in [-0.4, -0.2) is 19.9 Å². The van der Waals surface area contributed by atoms with Crippen LogP contribution in [0.2, 0.25) is 0 Å². The van der Waals surface area contributed by atoms with Crippen LogP contribution in [0.5, 0.6) is 0 Å². The molecular weight excluding hydrogens is 1510 g/mol. The Morgan fingerprint density at radius 1 is 0.210 bits per heavy atom. The van der Waals surface area contributed by atoms with Crippen molar-refractivity contribution in [2.24, 2.45) is 47.3 Å². The van der Waals surface area contributed by atoms with Gasteiger partial charge in [0.1, 0.15) is 0 Å². The van der Waals surface area contributed by atoms with Gasteiger partial charge in [0.05, 0.1) is 47.2 Å². The lowest BCUT2D eigenvalue weighted by atomic mass is 9.74. The minimum atomic E-state index is 0.0850. The van der Waals surface area contributed by atoms with Gasteiger partial charge in [-0.05, 0) is 219 Å². The van der Waals surface area contributed by atoms with E-state index in [0.29, 0.717) is 23.7 Å². The van der Waals surface area contributed by atoms with Crippen molar-refractivity contribution >= 4 is 0 Å². The summed E-state index contributed by atoms with van der Waals surface area (Å²) in [6, 6.07) is 55.8. The third kappa shape index (κ3) is 32.6. The van der Waals surface area contributed by atoms with Gasteiger partial charge < -0.3 is 9.47 Å². The Hall–Kier alpha value is -6.60. The van der Waals surface area contributed by atoms with Crippen LogP contribution in [0.25, 0.3) is 45.0 Å². The quantitative estimate of drug-likeness (QED) is 0.0354. The molecule has 0 aliphatic heterocycles. The number of benzene rings is 4. The fraction of sp³-hybridized carbons (Fsp3) is 0.627. The second-order valence-electron chi connectivity index (χ2n) is 39.7. The summed E-state index contributed by atoms with van der Waals surface area (Å²) in [6.07, 6.45) is 79.4. The highest BCUT2D eigenvalue weighted by atomic mass is 16.5. The van der Waals surface area contributed by atoms with Crippen LogP contribution < -0.4 is 0 Å². The minimum absolute atomic E-state index is 0.0850. The maximum Gasteiger partial charge on any atom is 0.0861 e. The van der Waals surface area contributed by atoms with Crippen LogP contribution >= 0.6 is 0 Å². The second kappa shape index (κ2) is 56.7. The maximum atomic E-state index is 7.78. The molecule has 4 unspecified atom stereocenters. The number of unbranched alkanes of at least 4 members (excludes halogenated alkanes) is 22. The molecular formula is C118H172N4O2. The average molecular weight is 1680 g/mol. The highest BCUT2D eigenvalue weighted by Crippen LogP contribution is 2.51. The van der Waals surface area contributed by atoms with Crippen molar-refractivity contribution in [1.29, 1.82) is 0 Å². The van der Waals surface area contributed by atoms with Gasteiger partial charge in [0.25, 0.3) is 0 Å². The Labute approximate surface area is 758 Å². The van der Waals surface area contributed by atoms with Crippen molar-refractivity contribution in [2.45, 2.75) is 427 Å². The average Bonchev–Trinajstić information content (AvgIpc) is 0.801. The van der Waals surface area contributed by atoms with Crippen molar-refractivity contribution < 1.29 is 9.47 Å². The highest BCUT2D eigenvalue weighted by Gasteiger charge is 2.39. The molecule has 124 heavy (non-hydrogen) atoms. The fourth-order valence-corrected chi connectivity index (χ4v) is 21.7. The second-order valence-corrected chi connectivity index (χ2v) is 39.7. The first-order chi connectivity index (χ1) is 61.2. The largest absolute Gasteiger partial charge is 0.365 e. The molecule has 0 radical (unpaired) electrons. The number of aromatic nitrogens is 4. The molecule has 676 valence electrons. The fourth-order valence-electron chi connectivity index (χ4n) is 21.7. The summed E-state index contributed by atoms with van der Waals surface area (Å²) >= 11 is 0. The Bertz CT molecular complexity index is 3760. The molecule has 4 aromatic carbocycles. The molecule has 0 bridgehead atoms. The van der Waals surface area contributed by atoms with E-state index in [-0.39, 0.29) is 24.4 Å². The van der Waals surface area contributed by atoms with E-state index in [9.17, 15) is 0 Å². The number of hydrogen-bond donors (Lipinski definition) is 0. The zero-order valence-corrected chi connectivity index (χ0v) is 79.9. The molecule has 6 nitrogen and oxygen atoms in total. The van der Waals surface area contributed by atoms with E-state index in [4.69, 9.17) is 29.4 Å². The lowest BCUT2D eigenvalue weighted by Crippen LogP contribution is -2.28. The molecule has 6 heteroatoms. The van der Waals surface area contributed by atoms with Gasteiger partial charge in [0.2, 0.25) is 0 Å². The predicted octanol–water partition coefficient (Wildman–Crippen LogP) is 36.0. The minimum Gasteiger partial charge on any atom is -0.365 e. The zero-order valence-electron chi connectivity index (χ0n) is 79.9. The molecule has 0 spiro atoms. The number of pyridine rings is 4. The molecule has 12 rings (SSSR count). The zero-order chi connectivity index (χ0) is 86.4. The lowest BCUT2D eigenvalue weighted by Gasteiger charge is -2.40. The van der Waals surface area contributed by atoms with Crippen molar-refractivity contribution in [3.8, 4) is 45.0 Å². The van der Waals surface area contributed by atoms with Gasteiger partial charge in [-0.2, -0.15) is 0 Å². The van der Waals surface area contributed by atoms with Crippen LogP contribution in [0.1, 0.15) is 445 Å². The molecule has 4 heterocycles. The van der Waals surface area contributed by atoms with Gasteiger partial charge in [-0.25, -0.2) is 0 Å². The Morgan fingerprint density at radius 2 is 0.403 bits per heavy atom. The molecule has 4 aromatic heterocycles. The van der Waals surface area contributed by atoms with Gasteiger partial charge in [-0.3, -0.25) is 19.9 Å². The van der Waals surface area contributed by atoms with E-state index in [1.54, 1.807) is 0 Å². The molecule has 4 aliphatic carbocycles. The molecule has 4 saturated carbocycles. The molecule has 0 saturated heterocycles. The topological polar surface area (TPSA) is 70.0 Å². The standard InChI is InChI=1S/C60H88N2O.C58H84N2O/c1-5-9-13-15-19-23-49-29-43-57(61-45-49)51-35-39-55(40-36-51)59(53-31-25-47(26-32-53)21-17-11-7-3)63-60(54-33-27-48(28-34-54)22-18-12-8-4)56-41-37-52(38-42-56)58-44-30-50(46-62-58)24-20-16-14-10-6-2;1-5-9-13-15-17-21-47-27-41-55(59-43-47)49-33-37-53(38-34-49)57(51-29-23-45(24-30-51)19-11-7-3)61-58(52-31-25-46(26-32-52)20-12-8-4)54-39-35-50(36-40-54)56-42-28-48(44-60-56)22-18-16-14-10-6-2/h29-30,35-48,53-54,59-60H,5-28,31-34H2,1-4H3;27-28,33-46,51-52,57-58H,5-26,29-32H2,1-4H3. The van der Waals surface area contributed by atoms with E-state index >= 15 is 0 Å². The van der Waals surface area contributed by atoms with Crippen LogP contribution in [0.3, 0.4) is 0 Å². The molecule has 4 atom stereocenters. The first-order valence-electron chi connectivity index (χ1n) is 52.7. The Balaban J connectivity index is 0.000000241. The smallest absolute Gasteiger partial charge is 0.0861 e. The van der Waals surface area contributed by atoms with E-state index in [1.165, 1.54) is 388 Å². The van der Waals surface area contributed by atoms with Gasteiger partial charge in [0, 0.05) is 47.0 Å². The predicted molar refractivity (Wildman–Crippen MR) is 531 cm³/mol.